The van der Waals surface area contributed by atoms with Crippen LogP contribution in [0.2, 0.25) is 0 Å². The third kappa shape index (κ3) is 4.48. The van der Waals surface area contributed by atoms with Crippen molar-refractivity contribution in [3.05, 3.63) is 47.8 Å². The highest BCUT2D eigenvalue weighted by Gasteiger charge is 2.09. The van der Waals surface area contributed by atoms with Crippen LogP contribution in [0.5, 0.6) is 0 Å². The lowest BCUT2D eigenvalue weighted by Crippen LogP contribution is -2.06. The molecule has 2 heterocycles. The van der Waals surface area contributed by atoms with Gasteiger partial charge in [0.2, 0.25) is 0 Å². The average Bonchev–Trinajstić information content (AvgIpc) is 2.74. The van der Waals surface area contributed by atoms with Crippen molar-refractivity contribution in [2.45, 2.75) is 40.0 Å². The lowest BCUT2D eigenvalue weighted by atomic mass is 9.97. The normalized spacial score (nSPS) is 12.8. The first-order chi connectivity index (χ1) is 9.52. The molecular formula is C17H25N3. The van der Waals surface area contributed by atoms with Crippen molar-refractivity contribution in [3.8, 4) is 0 Å². The minimum atomic E-state index is 0.562. The van der Waals surface area contributed by atoms with E-state index in [4.69, 9.17) is 0 Å². The van der Waals surface area contributed by atoms with E-state index in [1.54, 1.807) is 0 Å². The summed E-state index contributed by atoms with van der Waals surface area (Å²) in [5.74, 6) is 1.25. The molecule has 3 nitrogen and oxygen atoms in total. The van der Waals surface area contributed by atoms with Crippen molar-refractivity contribution >= 4 is 0 Å². The van der Waals surface area contributed by atoms with Gasteiger partial charge in [-0.3, -0.25) is 4.98 Å². The molecule has 0 spiro atoms. The van der Waals surface area contributed by atoms with Crippen molar-refractivity contribution in [2.75, 3.05) is 0 Å². The van der Waals surface area contributed by atoms with E-state index in [0.717, 1.165) is 19.3 Å². The van der Waals surface area contributed by atoms with E-state index in [1.807, 2.05) is 24.1 Å². The third-order valence-electron chi connectivity index (χ3n) is 3.40. The first-order valence-corrected chi connectivity index (χ1v) is 7.43. The van der Waals surface area contributed by atoms with Gasteiger partial charge in [-0.25, -0.2) is 4.98 Å². The fourth-order valence-corrected chi connectivity index (χ4v) is 2.60. The van der Waals surface area contributed by atoms with Crippen molar-refractivity contribution < 1.29 is 0 Å². The number of rotatable bonds is 6. The topological polar surface area (TPSA) is 30.7 Å². The van der Waals surface area contributed by atoms with Crippen molar-refractivity contribution in [1.29, 1.82) is 0 Å². The summed E-state index contributed by atoms with van der Waals surface area (Å²) in [5, 5.41) is 0. The number of nitrogens with zero attached hydrogens (tertiary/aromatic N) is 3. The molecule has 0 bridgehead atoms. The van der Waals surface area contributed by atoms with Crippen LogP contribution in [0.15, 0.2) is 30.9 Å². The van der Waals surface area contributed by atoms with Crippen LogP contribution in [-0.2, 0) is 26.3 Å². The zero-order chi connectivity index (χ0) is 14.5. The van der Waals surface area contributed by atoms with Gasteiger partial charge in [0.15, 0.2) is 0 Å². The Hall–Kier alpha value is -1.64. The Bertz CT molecular complexity index is 543. The summed E-state index contributed by atoms with van der Waals surface area (Å²) in [5.41, 5.74) is 3.76. The molecule has 1 atom stereocenters. The van der Waals surface area contributed by atoms with Gasteiger partial charge in [-0.2, -0.15) is 0 Å². The summed E-state index contributed by atoms with van der Waals surface area (Å²) in [6.07, 6.45) is 9.06. The molecule has 0 radical (unpaired) electrons. The minimum absolute atomic E-state index is 0.562. The summed E-state index contributed by atoms with van der Waals surface area (Å²) in [4.78, 5) is 8.90. The van der Waals surface area contributed by atoms with Crippen LogP contribution < -0.4 is 0 Å². The molecule has 2 rings (SSSR count). The maximum atomic E-state index is 4.51. The minimum Gasteiger partial charge on any atom is -0.340 e. The predicted molar refractivity (Wildman–Crippen MR) is 82.6 cm³/mol. The second kappa shape index (κ2) is 6.69. The molecule has 0 saturated heterocycles. The first kappa shape index (κ1) is 14.8. The number of hydrogen-bond acceptors (Lipinski definition) is 2. The predicted octanol–water partition coefficient (Wildman–Crippen LogP) is 3.43. The van der Waals surface area contributed by atoms with Crippen molar-refractivity contribution in [3.63, 3.8) is 0 Å². The Morgan fingerprint density at radius 1 is 1.05 bits per heavy atom. The second-order valence-corrected chi connectivity index (χ2v) is 6.30. The Kier molecular flexibility index (Phi) is 4.94. The smallest absolute Gasteiger partial charge is 0.0946 e. The quantitative estimate of drug-likeness (QED) is 0.806. The molecule has 1 unspecified atom stereocenters. The number of aromatic nitrogens is 3. The van der Waals surface area contributed by atoms with E-state index in [-0.39, 0.29) is 0 Å². The molecule has 0 aliphatic carbocycles. The van der Waals surface area contributed by atoms with Gasteiger partial charge in [0.25, 0.3) is 0 Å². The van der Waals surface area contributed by atoms with Crippen LogP contribution in [-0.4, -0.2) is 14.5 Å². The molecule has 108 valence electrons. The lowest BCUT2D eigenvalue weighted by molar-refractivity contribution is 0.561. The molecule has 0 aliphatic heterocycles. The van der Waals surface area contributed by atoms with Crippen LogP contribution >= 0.6 is 0 Å². The van der Waals surface area contributed by atoms with Crippen LogP contribution in [0, 0.1) is 11.8 Å². The van der Waals surface area contributed by atoms with Gasteiger partial charge in [0.05, 0.1) is 12.0 Å². The van der Waals surface area contributed by atoms with Crippen LogP contribution in [0.1, 0.15) is 37.7 Å². The van der Waals surface area contributed by atoms with Gasteiger partial charge in [-0.1, -0.05) is 20.8 Å². The molecular weight excluding hydrogens is 246 g/mol. The molecule has 2 aromatic rings. The molecule has 0 saturated carbocycles. The van der Waals surface area contributed by atoms with Crippen molar-refractivity contribution in [2.24, 2.45) is 18.9 Å². The van der Waals surface area contributed by atoms with E-state index in [2.05, 4.69) is 49.1 Å². The van der Waals surface area contributed by atoms with Gasteiger partial charge >= 0.3 is 0 Å². The first-order valence-electron chi connectivity index (χ1n) is 7.43. The maximum Gasteiger partial charge on any atom is 0.0946 e. The third-order valence-corrected chi connectivity index (χ3v) is 3.40. The number of aryl methyl sites for hydroxylation is 1. The van der Waals surface area contributed by atoms with Gasteiger partial charge < -0.3 is 4.57 Å². The Labute approximate surface area is 122 Å². The summed E-state index contributed by atoms with van der Waals surface area (Å²) in [6, 6.07) is 4.39. The molecule has 0 amide bonds. The summed E-state index contributed by atoms with van der Waals surface area (Å²) in [7, 11) is 2.01. The number of pyridine rings is 1. The Morgan fingerprint density at radius 3 is 2.45 bits per heavy atom. The SMILES string of the molecule is CC(C)Cc1ccnc(CC(C)Cc2cn(C)cn2)c1. The number of imidazole rings is 1. The molecule has 2 aromatic heterocycles. The van der Waals surface area contributed by atoms with Crippen LogP contribution in [0.25, 0.3) is 0 Å². The zero-order valence-electron chi connectivity index (χ0n) is 13.0. The Morgan fingerprint density at radius 2 is 1.80 bits per heavy atom. The molecule has 0 aliphatic rings. The van der Waals surface area contributed by atoms with E-state index in [9.17, 15) is 0 Å². The van der Waals surface area contributed by atoms with Crippen LogP contribution in [0.4, 0.5) is 0 Å². The summed E-state index contributed by atoms with van der Waals surface area (Å²) >= 11 is 0. The fraction of sp³-hybridized carbons (Fsp3) is 0.529. The van der Waals surface area contributed by atoms with Crippen LogP contribution in [0.3, 0.4) is 0 Å². The molecule has 0 fully saturated rings. The van der Waals surface area contributed by atoms with Gasteiger partial charge in [0.1, 0.15) is 0 Å². The molecule has 0 N–H and O–H groups in total. The van der Waals surface area contributed by atoms with Gasteiger partial charge in [-0.05, 0) is 48.8 Å². The zero-order valence-corrected chi connectivity index (χ0v) is 13.0. The lowest BCUT2D eigenvalue weighted by Gasteiger charge is -2.11. The maximum absolute atomic E-state index is 4.51. The summed E-state index contributed by atoms with van der Waals surface area (Å²) in [6.45, 7) is 6.78. The Balaban J connectivity index is 1.95. The monoisotopic (exact) mass is 271 g/mol. The van der Waals surface area contributed by atoms with E-state index in [0.29, 0.717) is 11.8 Å². The second-order valence-electron chi connectivity index (χ2n) is 6.30. The highest BCUT2D eigenvalue weighted by Crippen LogP contribution is 2.14. The van der Waals surface area contributed by atoms with Gasteiger partial charge in [-0.15, -0.1) is 0 Å². The highest BCUT2D eigenvalue weighted by atomic mass is 15.0. The largest absolute Gasteiger partial charge is 0.340 e. The molecule has 3 heteroatoms. The average molecular weight is 271 g/mol. The van der Waals surface area contributed by atoms with Gasteiger partial charge in [0, 0.05) is 25.1 Å². The van der Waals surface area contributed by atoms with E-state index in [1.165, 1.54) is 17.0 Å². The highest BCUT2D eigenvalue weighted by molar-refractivity contribution is 5.17. The molecule has 20 heavy (non-hydrogen) atoms. The molecule has 0 aromatic carbocycles. The van der Waals surface area contributed by atoms with E-state index >= 15 is 0 Å². The standard InChI is InChI=1S/C17H25N3/c1-13(2)7-15-5-6-18-16(10-15)8-14(3)9-17-11-20(4)12-19-17/h5-6,10-14H,7-9H2,1-4H3. The number of hydrogen-bond donors (Lipinski definition) is 0. The fourth-order valence-electron chi connectivity index (χ4n) is 2.60. The summed E-state index contributed by atoms with van der Waals surface area (Å²) < 4.78 is 2.00. The van der Waals surface area contributed by atoms with E-state index < -0.39 is 0 Å². The van der Waals surface area contributed by atoms with Crippen molar-refractivity contribution in [1.82, 2.24) is 14.5 Å².